The molecule has 60 valence electrons. The molecule has 0 saturated carbocycles. The van der Waals surface area contributed by atoms with Crippen LogP contribution in [0, 0.1) is 9.39 Å². The van der Waals surface area contributed by atoms with Gasteiger partial charge in [-0.3, -0.25) is 4.79 Å². The van der Waals surface area contributed by atoms with Crippen LogP contribution >= 0.6 is 34.2 Å². The van der Waals surface area contributed by atoms with E-state index in [-0.39, 0.29) is 11.6 Å². The molecule has 0 saturated heterocycles. The van der Waals surface area contributed by atoms with Crippen LogP contribution in [0.1, 0.15) is 0 Å². The first-order valence-corrected chi connectivity index (χ1v) is 4.17. The quantitative estimate of drug-likeness (QED) is 0.407. The molecule has 0 amide bonds. The fourth-order valence-corrected chi connectivity index (χ4v) is 0.965. The molecular weight excluding hydrogens is 281 g/mol. The standard InChI is InChI=1S/C6H4FI.CHClO/c7-5-2-1-3-6(8)4-5;2-1-3/h1-4H;1H. The summed E-state index contributed by atoms with van der Waals surface area (Å²) in [6.45, 7) is 0. The SMILES string of the molecule is Fc1cccc(I)c1.O=CCl. The van der Waals surface area contributed by atoms with Gasteiger partial charge in [0.05, 0.1) is 0 Å². The molecule has 0 aromatic heterocycles. The van der Waals surface area contributed by atoms with Crippen molar-refractivity contribution in [3.05, 3.63) is 33.7 Å². The lowest BCUT2D eigenvalue weighted by atomic mass is 10.4. The van der Waals surface area contributed by atoms with E-state index >= 15 is 0 Å². The van der Waals surface area contributed by atoms with E-state index in [0.717, 1.165) is 3.57 Å². The lowest BCUT2D eigenvalue weighted by molar-refractivity contribution is 0.569. The fraction of sp³-hybridized carbons (Fsp3) is 0. The van der Waals surface area contributed by atoms with Gasteiger partial charge in [0.15, 0.2) is 0 Å². The number of benzene rings is 1. The van der Waals surface area contributed by atoms with E-state index in [1.54, 1.807) is 6.07 Å². The van der Waals surface area contributed by atoms with E-state index in [1.165, 1.54) is 12.1 Å². The Morgan fingerprint density at radius 1 is 1.55 bits per heavy atom. The number of carbonyl (C=O) groups is 1. The molecule has 0 aliphatic heterocycles. The Hall–Kier alpha value is -0.160. The van der Waals surface area contributed by atoms with Crippen LogP contribution in [-0.2, 0) is 4.79 Å². The molecule has 4 heteroatoms. The molecule has 0 aliphatic rings. The molecule has 0 unspecified atom stereocenters. The first-order chi connectivity index (χ1) is 5.20. The molecule has 11 heavy (non-hydrogen) atoms. The van der Waals surface area contributed by atoms with E-state index in [1.807, 2.05) is 6.07 Å². The minimum atomic E-state index is -0.170. The fourth-order valence-electron chi connectivity index (χ4n) is 0.460. The second-order valence-corrected chi connectivity index (χ2v) is 2.95. The third kappa shape index (κ3) is 6.25. The molecule has 0 N–H and O–H groups in total. The summed E-state index contributed by atoms with van der Waals surface area (Å²) in [6.07, 6.45) is 0. The Morgan fingerprint density at radius 2 is 2.09 bits per heavy atom. The van der Waals surface area contributed by atoms with Gasteiger partial charge in [0, 0.05) is 3.57 Å². The van der Waals surface area contributed by atoms with Crippen molar-refractivity contribution in [3.63, 3.8) is 0 Å². The second-order valence-electron chi connectivity index (χ2n) is 1.53. The molecule has 1 aromatic rings. The average Bonchev–Trinajstić information content (AvgIpc) is 1.88. The van der Waals surface area contributed by atoms with E-state index in [4.69, 9.17) is 4.79 Å². The molecule has 1 aromatic carbocycles. The van der Waals surface area contributed by atoms with Gasteiger partial charge in [-0.1, -0.05) is 6.07 Å². The lowest BCUT2D eigenvalue weighted by Gasteiger charge is -1.85. The Balaban J connectivity index is 0.000000292. The lowest BCUT2D eigenvalue weighted by Crippen LogP contribution is -1.71. The predicted molar refractivity (Wildman–Crippen MR) is 51.7 cm³/mol. The van der Waals surface area contributed by atoms with Gasteiger partial charge in [0.25, 0.3) is 0 Å². The average molecular weight is 286 g/mol. The van der Waals surface area contributed by atoms with E-state index < -0.39 is 0 Å². The van der Waals surface area contributed by atoms with Gasteiger partial charge in [0.2, 0.25) is 5.75 Å². The Kier molecular flexibility index (Phi) is 6.45. The van der Waals surface area contributed by atoms with Crippen LogP contribution in [0.5, 0.6) is 0 Å². The second kappa shape index (κ2) is 6.54. The normalized spacial score (nSPS) is 7.91. The first-order valence-electron chi connectivity index (χ1n) is 2.65. The zero-order valence-electron chi connectivity index (χ0n) is 5.43. The number of carbonyl (C=O) groups excluding carboxylic acids is 1. The summed E-state index contributed by atoms with van der Waals surface area (Å²) >= 11 is 6.38. The number of hydrogen-bond donors (Lipinski definition) is 0. The van der Waals surface area contributed by atoms with Gasteiger partial charge in [-0.25, -0.2) is 4.39 Å². The highest BCUT2D eigenvalue weighted by Gasteiger charge is 1.86. The van der Waals surface area contributed by atoms with Crippen molar-refractivity contribution in [2.45, 2.75) is 0 Å². The summed E-state index contributed by atoms with van der Waals surface area (Å²) in [7, 11) is 0. The van der Waals surface area contributed by atoms with Gasteiger partial charge in [-0.2, -0.15) is 0 Å². The number of rotatable bonds is 0. The minimum Gasteiger partial charge on any atom is -0.285 e. The molecular formula is C7H5ClFIO. The van der Waals surface area contributed by atoms with Crippen LogP contribution in [0.4, 0.5) is 4.39 Å². The molecule has 0 spiro atoms. The molecule has 0 radical (unpaired) electrons. The van der Waals surface area contributed by atoms with Crippen molar-refractivity contribution in [2.75, 3.05) is 0 Å². The highest BCUT2D eigenvalue weighted by molar-refractivity contribution is 14.1. The maximum absolute atomic E-state index is 12.2. The van der Waals surface area contributed by atoms with Crippen LogP contribution in [0.15, 0.2) is 24.3 Å². The van der Waals surface area contributed by atoms with Gasteiger partial charge >= 0.3 is 0 Å². The molecule has 0 heterocycles. The third-order valence-corrected chi connectivity index (χ3v) is 1.46. The minimum absolute atomic E-state index is 0.170. The molecule has 0 fully saturated rings. The smallest absolute Gasteiger partial charge is 0.208 e. The topological polar surface area (TPSA) is 17.1 Å². The highest BCUT2D eigenvalue weighted by atomic mass is 127. The Labute approximate surface area is 82.7 Å². The van der Waals surface area contributed by atoms with Gasteiger partial charge in [-0.15, -0.1) is 0 Å². The van der Waals surface area contributed by atoms with Crippen molar-refractivity contribution in [1.82, 2.24) is 0 Å². The molecule has 0 aliphatic carbocycles. The van der Waals surface area contributed by atoms with Crippen LogP contribution < -0.4 is 0 Å². The zero-order valence-corrected chi connectivity index (χ0v) is 8.34. The van der Waals surface area contributed by atoms with E-state index in [2.05, 4.69) is 34.2 Å². The van der Waals surface area contributed by atoms with Gasteiger partial charge in [-0.05, 0) is 52.4 Å². The largest absolute Gasteiger partial charge is 0.285 e. The summed E-state index contributed by atoms with van der Waals surface area (Å²) in [5.74, 6) is 0.0527. The van der Waals surface area contributed by atoms with Crippen LogP contribution in [0.3, 0.4) is 0 Å². The van der Waals surface area contributed by atoms with E-state index in [0.29, 0.717) is 0 Å². The third-order valence-electron chi connectivity index (χ3n) is 0.787. The van der Waals surface area contributed by atoms with Crippen molar-refractivity contribution >= 4 is 39.9 Å². The van der Waals surface area contributed by atoms with Gasteiger partial charge in [0.1, 0.15) is 5.82 Å². The molecule has 0 bridgehead atoms. The van der Waals surface area contributed by atoms with Crippen molar-refractivity contribution in [3.8, 4) is 0 Å². The number of halogens is 3. The van der Waals surface area contributed by atoms with Gasteiger partial charge < -0.3 is 0 Å². The van der Waals surface area contributed by atoms with Crippen LogP contribution in [-0.4, -0.2) is 5.75 Å². The summed E-state index contributed by atoms with van der Waals surface area (Å²) in [5, 5.41) is 0. The summed E-state index contributed by atoms with van der Waals surface area (Å²) < 4.78 is 13.1. The first kappa shape index (κ1) is 10.8. The predicted octanol–water partition coefficient (Wildman–Crippen LogP) is 2.85. The maximum atomic E-state index is 12.2. The van der Waals surface area contributed by atoms with Crippen LogP contribution in [0.25, 0.3) is 0 Å². The van der Waals surface area contributed by atoms with Crippen molar-refractivity contribution in [2.24, 2.45) is 0 Å². The van der Waals surface area contributed by atoms with Crippen molar-refractivity contribution in [1.29, 1.82) is 0 Å². The molecule has 1 rings (SSSR count). The highest BCUT2D eigenvalue weighted by Crippen LogP contribution is 2.04. The summed E-state index contributed by atoms with van der Waals surface area (Å²) in [5.41, 5.74) is 0. The molecule has 1 nitrogen and oxygen atoms in total. The Morgan fingerprint density at radius 3 is 2.36 bits per heavy atom. The maximum Gasteiger partial charge on any atom is 0.208 e. The monoisotopic (exact) mass is 286 g/mol. The van der Waals surface area contributed by atoms with Crippen LogP contribution in [0.2, 0.25) is 0 Å². The summed E-state index contributed by atoms with van der Waals surface area (Å²) in [4.78, 5) is 8.57. The van der Waals surface area contributed by atoms with E-state index in [9.17, 15) is 4.39 Å². The number of hydrogen-bond acceptors (Lipinski definition) is 1. The van der Waals surface area contributed by atoms with Crippen molar-refractivity contribution < 1.29 is 9.18 Å². The zero-order chi connectivity index (χ0) is 8.69. The molecule has 0 atom stereocenters. The summed E-state index contributed by atoms with van der Waals surface area (Å²) in [6, 6.07) is 6.46. The Bertz CT molecular complexity index is 212.